The molecule has 150 valence electrons. The van der Waals surface area contributed by atoms with Crippen LogP contribution in [0, 0.1) is 20.8 Å². The van der Waals surface area contributed by atoms with Gasteiger partial charge in [-0.1, -0.05) is 17.7 Å². The molecule has 1 heterocycles. The first-order valence-corrected chi connectivity index (χ1v) is 9.43. The van der Waals surface area contributed by atoms with Crippen LogP contribution in [-0.4, -0.2) is 22.8 Å². The van der Waals surface area contributed by atoms with E-state index >= 15 is 0 Å². The second-order valence-corrected chi connectivity index (χ2v) is 7.17. The number of nitrogens with one attached hydrogen (secondary N) is 1. The fraction of sp³-hybridized carbons (Fsp3) is 0.261. The average molecular weight is 391 g/mol. The highest BCUT2D eigenvalue weighted by Gasteiger charge is 2.19. The predicted molar refractivity (Wildman–Crippen MR) is 114 cm³/mol. The number of aryl methyl sites for hydroxylation is 3. The number of hydrogen-bond donors (Lipinski definition) is 1. The van der Waals surface area contributed by atoms with E-state index in [4.69, 9.17) is 4.74 Å². The van der Waals surface area contributed by atoms with E-state index in [9.17, 15) is 9.59 Å². The first-order chi connectivity index (χ1) is 13.8. The minimum absolute atomic E-state index is 0.290. The highest BCUT2D eigenvalue weighted by molar-refractivity contribution is 5.94. The van der Waals surface area contributed by atoms with Crippen LogP contribution in [0.5, 0.6) is 5.75 Å². The third-order valence-corrected chi connectivity index (χ3v) is 4.88. The first kappa shape index (κ1) is 20.3. The van der Waals surface area contributed by atoms with Gasteiger partial charge in [0.15, 0.2) is 0 Å². The Hall–Kier alpha value is -3.41. The van der Waals surface area contributed by atoms with Crippen LogP contribution < -0.4 is 15.6 Å². The molecule has 0 aliphatic rings. The lowest BCUT2D eigenvalue weighted by atomic mass is 10.0. The first-order valence-electron chi connectivity index (χ1n) is 9.43. The van der Waals surface area contributed by atoms with Crippen molar-refractivity contribution in [2.45, 2.75) is 33.7 Å². The van der Waals surface area contributed by atoms with Gasteiger partial charge in [0, 0.05) is 17.3 Å². The van der Waals surface area contributed by atoms with E-state index in [0.717, 1.165) is 33.7 Å². The highest BCUT2D eigenvalue weighted by atomic mass is 16.5. The van der Waals surface area contributed by atoms with Gasteiger partial charge in [0.1, 0.15) is 11.8 Å². The molecule has 1 unspecified atom stereocenters. The third-order valence-electron chi connectivity index (χ3n) is 4.88. The summed E-state index contributed by atoms with van der Waals surface area (Å²) in [5, 5.41) is 7.37. The molecule has 6 nitrogen and oxygen atoms in total. The fourth-order valence-corrected chi connectivity index (χ4v) is 3.33. The van der Waals surface area contributed by atoms with Crippen LogP contribution in [0.15, 0.2) is 53.3 Å². The Labute approximate surface area is 170 Å². The maximum absolute atomic E-state index is 12.9. The van der Waals surface area contributed by atoms with Crippen LogP contribution in [0.3, 0.4) is 0 Å². The van der Waals surface area contributed by atoms with E-state index in [1.165, 1.54) is 10.7 Å². The number of aromatic nitrogens is 2. The van der Waals surface area contributed by atoms with Crippen LogP contribution in [0.1, 0.15) is 29.7 Å². The van der Waals surface area contributed by atoms with Gasteiger partial charge in [0.2, 0.25) is 5.91 Å². The Bertz CT molecular complexity index is 1080. The number of methoxy groups -OCH3 is 1. The van der Waals surface area contributed by atoms with Gasteiger partial charge in [0.05, 0.1) is 12.8 Å². The summed E-state index contributed by atoms with van der Waals surface area (Å²) in [6.07, 6.45) is 0. The topological polar surface area (TPSA) is 73.2 Å². The molecule has 0 saturated heterocycles. The molecule has 1 amide bonds. The van der Waals surface area contributed by atoms with Gasteiger partial charge in [-0.15, -0.1) is 0 Å². The van der Waals surface area contributed by atoms with Crippen LogP contribution in [0.25, 0.3) is 11.3 Å². The summed E-state index contributed by atoms with van der Waals surface area (Å²) in [5.74, 6) is 0.445. The van der Waals surface area contributed by atoms with Crippen molar-refractivity contribution >= 4 is 11.6 Å². The summed E-state index contributed by atoms with van der Waals surface area (Å²) in [4.78, 5) is 25.2. The van der Waals surface area contributed by atoms with Crippen LogP contribution in [-0.2, 0) is 4.79 Å². The molecule has 0 bridgehead atoms. The minimum atomic E-state index is -0.763. The van der Waals surface area contributed by atoms with Crippen LogP contribution >= 0.6 is 0 Å². The predicted octanol–water partition coefficient (Wildman–Crippen LogP) is 4.04. The number of carbonyl (C=O) groups is 1. The lowest BCUT2D eigenvalue weighted by molar-refractivity contribution is -0.119. The molecule has 2 aromatic carbocycles. The maximum atomic E-state index is 12.9. The molecule has 3 rings (SSSR count). The number of carbonyl (C=O) groups excluding carboxylic acids is 1. The van der Waals surface area contributed by atoms with E-state index in [2.05, 4.69) is 10.4 Å². The van der Waals surface area contributed by atoms with E-state index in [0.29, 0.717) is 5.69 Å². The van der Waals surface area contributed by atoms with Crippen molar-refractivity contribution in [1.82, 2.24) is 9.78 Å². The Morgan fingerprint density at radius 2 is 1.66 bits per heavy atom. The molecule has 1 aromatic heterocycles. The second-order valence-electron chi connectivity index (χ2n) is 7.17. The Morgan fingerprint density at radius 3 is 2.24 bits per heavy atom. The number of hydrogen-bond acceptors (Lipinski definition) is 4. The Balaban J connectivity index is 1.89. The van der Waals surface area contributed by atoms with Crippen LogP contribution in [0.4, 0.5) is 5.69 Å². The van der Waals surface area contributed by atoms with Crippen molar-refractivity contribution in [1.29, 1.82) is 0 Å². The smallest absolute Gasteiger partial charge is 0.267 e. The monoisotopic (exact) mass is 391 g/mol. The highest BCUT2D eigenvalue weighted by Crippen LogP contribution is 2.23. The van der Waals surface area contributed by atoms with Gasteiger partial charge in [-0.2, -0.15) is 5.10 Å². The molecule has 1 N–H and O–H groups in total. The lowest BCUT2D eigenvalue weighted by Gasteiger charge is -2.18. The fourth-order valence-electron chi connectivity index (χ4n) is 3.33. The van der Waals surface area contributed by atoms with Crippen molar-refractivity contribution < 1.29 is 9.53 Å². The molecule has 1 atom stereocenters. The maximum Gasteiger partial charge on any atom is 0.267 e. The number of nitrogens with zero attached hydrogens (tertiary/aromatic N) is 2. The van der Waals surface area contributed by atoms with E-state index in [1.54, 1.807) is 20.1 Å². The molecular weight excluding hydrogens is 366 g/mol. The van der Waals surface area contributed by atoms with Gasteiger partial charge < -0.3 is 10.1 Å². The SMILES string of the molecule is COc1ccc(-c2ccc(=O)n(C(C)C(=O)Nc3c(C)cc(C)cc3C)n2)cc1. The minimum Gasteiger partial charge on any atom is -0.497 e. The van der Waals surface area contributed by atoms with Crippen molar-refractivity contribution in [3.63, 3.8) is 0 Å². The van der Waals surface area contributed by atoms with Gasteiger partial charge >= 0.3 is 0 Å². The molecule has 0 radical (unpaired) electrons. The molecule has 0 saturated carbocycles. The zero-order valence-corrected chi connectivity index (χ0v) is 17.3. The molecule has 0 fully saturated rings. The Kier molecular flexibility index (Phi) is 5.82. The molecule has 0 aliphatic heterocycles. The Morgan fingerprint density at radius 1 is 1.03 bits per heavy atom. The summed E-state index contributed by atoms with van der Waals surface area (Å²) in [6, 6.07) is 13.7. The van der Waals surface area contributed by atoms with Gasteiger partial charge in [-0.05, 0) is 69.2 Å². The number of benzene rings is 2. The largest absolute Gasteiger partial charge is 0.497 e. The van der Waals surface area contributed by atoms with Gasteiger partial charge in [0.25, 0.3) is 5.56 Å². The molecule has 29 heavy (non-hydrogen) atoms. The standard InChI is InChI=1S/C23H25N3O3/c1-14-12-15(2)22(16(3)13-14)24-23(28)17(4)26-21(27)11-10-20(25-26)18-6-8-19(29-5)9-7-18/h6-13,17H,1-5H3,(H,24,28). The lowest BCUT2D eigenvalue weighted by Crippen LogP contribution is -2.33. The quantitative estimate of drug-likeness (QED) is 0.712. The number of anilines is 1. The molecule has 0 spiro atoms. The number of amides is 1. The summed E-state index contributed by atoms with van der Waals surface area (Å²) >= 11 is 0. The zero-order chi connectivity index (χ0) is 21.1. The van der Waals surface area contributed by atoms with Crippen molar-refractivity contribution in [2.75, 3.05) is 12.4 Å². The second kappa shape index (κ2) is 8.31. The molecule has 6 heteroatoms. The van der Waals surface area contributed by atoms with E-state index in [-0.39, 0.29) is 11.5 Å². The molecular formula is C23H25N3O3. The van der Waals surface area contributed by atoms with Crippen molar-refractivity contribution in [3.05, 3.63) is 75.6 Å². The summed E-state index contributed by atoms with van der Waals surface area (Å²) in [7, 11) is 1.60. The van der Waals surface area contributed by atoms with E-state index < -0.39 is 6.04 Å². The van der Waals surface area contributed by atoms with Gasteiger partial charge in [-0.3, -0.25) is 9.59 Å². The van der Waals surface area contributed by atoms with E-state index in [1.807, 2.05) is 57.2 Å². The third kappa shape index (κ3) is 4.37. The number of rotatable bonds is 5. The van der Waals surface area contributed by atoms with Crippen LogP contribution in [0.2, 0.25) is 0 Å². The van der Waals surface area contributed by atoms with Gasteiger partial charge in [-0.25, -0.2) is 4.68 Å². The van der Waals surface area contributed by atoms with Crippen molar-refractivity contribution in [3.8, 4) is 17.0 Å². The zero-order valence-electron chi connectivity index (χ0n) is 17.3. The summed E-state index contributed by atoms with van der Waals surface area (Å²) in [6.45, 7) is 7.59. The summed E-state index contributed by atoms with van der Waals surface area (Å²) in [5.41, 5.74) is 4.97. The normalized spacial score (nSPS) is 11.8. The summed E-state index contributed by atoms with van der Waals surface area (Å²) < 4.78 is 6.39. The molecule has 0 aliphatic carbocycles. The number of ether oxygens (including phenoxy) is 1. The average Bonchev–Trinajstić information content (AvgIpc) is 2.70. The van der Waals surface area contributed by atoms with Crippen molar-refractivity contribution in [2.24, 2.45) is 0 Å². The molecule has 3 aromatic rings.